The highest BCUT2D eigenvalue weighted by Crippen LogP contribution is 2.33. The first-order chi connectivity index (χ1) is 14.4. The Morgan fingerprint density at radius 2 is 1.80 bits per heavy atom. The first kappa shape index (κ1) is 19.8. The smallest absolute Gasteiger partial charge is 0.265 e. The number of likely N-dealkylation sites (tertiary alicyclic amines) is 1. The number of ether oxygens (including phenoxy) is 1. The van der Waals surface area contributed by atoms with Crippen molar-refractivity contribution < 1.29 is 19.1 Å². The second-order valence-corrected chi connectivity index (χ2v) is 7.47. The summed E-state index contributed by atoms with van der Waals surface area (Å²) in [6, 6.07) is 6.78. The molecule has 30 heavy (non-hydrogen) atoms. The molecule has 0 spiro atoms. The molecule has 0 aliphatic carbocycles. The van der Waals surface area contributed by atoms with E-state index in [2.05, 4.69) is 15.3 Å². The summed E-state index contributed by atoms with van der Waals surface area (Å²) in [7, 11) is 0. The number of carbonyl (C=O) groups excluding carboxylic acids is 3. The van der Waals surface area contributed by atoms with E-state index in [0.717, 1.165) is 37.3 Å². The number of benzene rings is 1. The van der Waals surface area contributed by atoms with Crippen LogP contribution in [0.1, 0.15) is 34.6 Å². The summed E-state index contributed by atoms with van der Waals surface area (Å²) in [6.07, 6.45) is 1.98. The molecule has 0 bridgehead atoms. The van der Waals surface area contributed by atoms with Crippen LogP contribution >= 0.6 is 0 Å². The topological polar surface area (TPSA) is 105 Å². The van der Waals surface area contributed by atoms with Gasteiger partial charge in [0, 0.05) is 30.0 Å². The fraction of sp³-hybridized carbons (Fsp3) is 0.381. The second-order valence-electron chi connectivity index (χ2n) is 7.47. The highest BCUT2D eigenvalue weighted by atomic mass is 16.5. The maximum atomic E-state index is 12.7. The monoisotopic (exact) mass is 409 g/mol. The number of nitrogens with one attached hydrogen (secondary N) is 1. The molecule has 0 atom stereocenters. The summed E-state index contributed by atoms with van der Waals surface area (Å²) < 4.78 is 5.48. The van der Waals surface area contributed by atoms with E-state index < -0.39 is 5.91 Å². The lowest BCUT2D eigenvalue weighted by Gasteiger charge is -2.29. The van der Waals surface area contributed by atoms with E-state index in [0.29, 0.717) is 17.0 Å². The van der Waals surface area contributed by atoms with Crippen LogP contribution in [0.4, 0.5) is 11.6 Å². The summed E-state index contributed by atoms with van der Waals surface area (Å²) >= 11 is 0. The Bertz CT molecular complexity index is 996. The van der Waals surface area contributed by atoms with Crippen molar-refractivity contribution >= 4 is 29.4 Å². The zero-order valence-corrected chi connectivity index (χ0v) is 17.0. The molecule has 1 fully saturated rings. The van der Waals surface area contributed by atoms with Gasteiger partial charge >= 0.3 is 0 Å². The molecule has 9 heteroatoms. The Morgan fingerprint density at radius 3 is 2.50 bits per heavy atom. The van der Waals surface area contributed by atoms with Crippen LogP contribution in [0, 0.1) is 13.8 Å². The van der Waals surface area contributed by atoms with Gasteiger partial charge in [-0.1, -0.05) is 0 Å². The largest absolute Gasteiger partial charge is 0.482 e. The summed E-state index contributed by atoms with van der Waals surface area (Å²) in [5, 5.41) is 2.63. The summed E-state index contributed by atoms with van der Waals surface area (Å²) in [4.78, 5) is 49.3. The van der Waals surface area contributed by atoms with Crippen LogP contribution in [0.15, 0.2) is 24.3 Å². The van der Waals surface area contributed by atoms with Gasteiger partial charge in [-0.25, -0.2) is 9.97 Å². The first-order valence-electron chi connectivity index (χ1n) is 9.89. The minimum atomic E-state index is -0.433. The van der Waals surface area contributed by atoms with Crippen LogP contribution in [-0.2, 0) is 9.59 Å². The van der Waals surface area contributed by atoms with Crippen LogP contribution < -0.4 is 15.0 Å². The molecule has 1 aromatic carbocycles. The van der Waals surface area contributed by atoms with Gasteiger partial charge in [0.15, 0.2) is 6.61 Å². The van der Waals surface area contributed by atoms with Gasteiger partial charge in [-0.05, 0) is 51.0 Å². The zero-order valence-electron chi connectivity index (χ0n) is 17.0. The van der Waals surface area contributed by atoms with Gasteiger partial charge < -0.3 is 9.64 Å². The van der Waals surface area contributed by atoms with Crippen molar-refractivity contribution in [1.82, 2.24) is 14.9 Å². The van der Waals surface area contributed by atoms with E-state index >= 15 is 0 Å². The Labute approximate surface area is 174 Å². The Morgan fingerprint density at radius 1 is 1.10 bits per heavy atom. The van der Waals surface area contributed by atoms with E-state index in [1.165, 1.54) is 4.90 Å². The third kappa shape index (κ3) is 4.10. The predicted molar refractivity (Wildman–Crippen MR) is 110 cm³/mol. The van der Waals surface area contributed by atoms with Crippen molar-refractivity contribution in [2.45, 2.75) is 26.7 Å². The minimum absolute atomic E-state index is 0.0821. The van der Waals surface area contributed by atoms with Gasteiger partial charge in [-0.15, -0.1) is 0 Å². The summed E-state index contributed by atoms with van der Waals surface area (Å²) in [5.74, 6) is -0.219. The number of rotatable bonds is 4. The van der Waals surface area contributed by atoms with Crippen molar-refractivity contribution in [1.29, 1.82) is 0 Å². The maximum Gasteiger partial charge on any atom is 0.265 e. The SMILES string of the molecule is Cc1cc(C)nc(NC(=O)CN2C(=O)COc3ccc(C(=O)N4CCCC4)cc32)n1. The fourth-order valence-corrected chi connectivity index (χ4v) is 3.70. The minimum Gasteiger partial charge on any atom is -0.482 e. The van der Waals surface area contributed by atoms with Gasteiger partial charge in [0.25, 0.3) is 11.8 Å². The molecule has 0 radical (unpaired) electrons. The number of aryl methyl sites for hydroxylation is 2. The molecule has 2 aliphatic rings. The van der Waals surface area contributed by atoms with Crippen molar-refractivity contribution in [2.24, 2.45) is 0 Å². The number of hydrogen-bond donors (Lipinski definition) is 1. The van der Waals surface area contributed by atoms with E-state index in [4.69, 9.17) is 4.74 Å². The van der Waals surface area contributed by atoms with E-state index in [1.807, 2.05) is 13.8 Å². The van der Waals surface area contributed by atoms with Gasteiger partial charge in [0.1, 0.15) is 12.3 Å². The Balaban J connectivity index is 1.55. The maximum absolute atomic E-state index is 12.7. The van der Waals surface area contributed by atoms with Crippen molar-refractivity contribution in [2.75, 3.05) is 36.5 Å². The molecular weight excluding hydrogens is 386 g/mol. The molecule has 2 aromatic rings. The molecular formula is C21H23N5O4. The average Bonchev–Trinajstić information content (AvgIpc) is 3.23. The van der Waals surface area contributed by atoms with Crippen molar-refractivity contribution in [3.63, 3.8) is 0 Å². The summed E-state index contributed by atoms with van der Waals surface area (Å²) in [5.41, 5.74) is 2.34. The average molecular weight is 409 g/mol. The molecule has 1 saturated heterocycles. The molecule has 3 amide bonds. The fourth-order valence-electron chi connectivity index (χ4n) is 3.70. The van der Waals surface area contributed by atoms with Crippen LogP contribution in [0.25, 0.3) is 0 Å². The van der Waals surface area contributed by atoms with E-state index in [-0.39, 0.29) is 30.9 Å². The second kappa shape index (κ2) is 8.10. The van der Waals surface area contributed by atoms with Crippen LogP contribution in [0.5, 0.6) is 5.75 Å². The standard InChI is InChI=1S/C21H23N5O4/c1-13-9-14(2)23-21(22-13)24-18(27)11-26-16-10-15(20(29)25-7-3-4-8-25)5-6-17(16)30-12-19(26)28/h5-6,9-10H,3-4,7-8,11-12H2,1-2H3,(H,22,23,24,27). The molecule has 156 valence electrons. The van der Waals surface area contributed by atoms with E-state index in [9.17, 15) is 14.4 Å². The number of aromatic nitrogens is 2. The van der Waals surface area contributed by atoms with Gasteiger partial charge in [-0.2, -0.15) is 0 Å². The molecule has 0 unspecified atom stereocenters. The van der Waals surface area contributed by atoms with Gasteiger partial charge in [-0.3, -0.25) is 24.6 Å². The van der Waals surface area contributed by atoms with E-state index in [1.54, 1.807) is 29.2 Å². The third-order valence-electron chi connectivity index (χ3n) is 5.08. The lowest BCUT2D eigenvalue weighted by Crippen LogP contribution is -2.43. The number of fused-ring (bicyclic) bond motifs is 1. The number of carbonyl (C=O) groups is 3. The van der Waals surface area contributed by atoms with Crippen LogP contribution in [0.2, 0.25) is 0 Å². The molecule has 9 nitrogen and oxygen atoms in total. The molecule has 1 N–H and O–H groups in total. The predicted octanol–water partition coefficient (Wildman–Crippen LogP) is 1.69. The zero-order chi connectivity index (χ0) is 21.3. The molecule has 4 rings (SSSR count). The highest BCUT2D eigenvalue weighted by Gasteiger charge is 2.29. The molecule has 0 saturated carbocycles. The number of hydrogen-bond acceptors (Lipinski definition) is 6. The number of nitrogens with zero attached hydrogens (tertiary/aromatic N) is 4. The van der Waals surface area contributed by atoms with Crippen molar-refractivity contribution in [3.8, 4) is 5.75 Å². The first-order valence-corrected chi connectivity index (χ1v) is 9.89. The lowest BCUT2D eigenvalue weighted by molar-refractivity contribution is -0.123. The molecule has 2 aliphatic heterocycles. The quantitative estimate of drug-likeness (QED) is 0.824. The van der Waals surface area contributed by atoms with Crippen molar-refractivity contribution in [3.05, 3.63) is 41.2 Å². The Hall–Kier alpha value is -3.49. The van der Waals surface area contributed by atoms with Gasteiger partial charge in [0.05, 0.1) is 5.69 Å². The van der Waals surface area contributed by atoms with Crippen LogP contribution in [0.3, 0.4) is 0 Å². The van der Waals surface area contributed by atoms with Crippen LogP contribution in [-0.4, -0.2) is 58.8 Å². The highest BCUT2D eigenvalue weighted by molar-refractivity contribution is 6.06. The molecule has 3 heterocycles. The normalized spacial score (nSPS) is 15.6. The Kier molecular flexibility index (Phi) is 5.35. The number of anilines is 2. The molecule has 1 aromatic heterocycles. The number of amides is 3. The lowest BCUT2D eigenvalue weighted by atomic mass is 10.1. The van der Waals surface area contributed by atoms with Gasteiger partial charge in [0.2, 0.25) is 11.9 Å². The third-order valence-corrected chi connectivity index (χ3v) is 5.08. The summed E-state index contributed by atoms with van der Waals surface area (Å²) in [6.45, 7) is 4.68.